The third kappa shape index (κ3) is 5.00. The molecule has 0 aromatic carbocycles. The molecule has 102 valence electrons. The van der Waals surface area contributed by atoms with Crippen molar-refractivity contribution in [1.82, 2.24) is 9.97 Å². The van der Waals surface area contributed by atoms with E-state index < -0.39 is 10.8 Å². The Kier molecular flexibility index (Phi) is 6.04. The lowest BCUT2D eigenvalue weighted by atomic mass is 10.2. The molecule has 0 fully saturated rings. The van der Waals surface area contributed by atoms with Gasteiger partial charge in [0, 0.05) is 48.4 Å². The van der Waals surface area contributed by atoms with E-state index in [0.29, 0.717) is 11.7 Å². The highest BCUT2D eigenvalue weighted by Crippen LogP contribution is 2.16. The molecule has 1 aromatic rings. The lowest BCUT2D eigenvalue weighted by molar-refractivity contribution is 0.685. The molecule has 5 nitrogen and oxygen atoms in total. The molecule has 1 rings (SSSR count). The molecule has 6 heteroatoms. The van der Waals surface area contributed by atoms with Crippen LogP contribution in [-0.4, -0.2) is 39.8 Å². The molecular weight excluding hydrogens is 248 g/mol. The Morgan fingerprint density at radius 3 is 2.56 bits per heavy atom. The molecule has 1 heterocycles. The Labute approximate surface area is 111 Å². The van der Waals surface area contributed by atoms with Crippen molar-refractivity contribution in [2.75, 3.05) is 36.2 Å². The molecule has 2 N–H and O–H groups in total. The van der Waals surface area contributed by atoms with Gasteiger partial charge in [0.25, 0.3) is 0 Å². The predicted octanol–water partition coefficient (Wildman–Crippen LogP) is 1.82. The first-order valence-electron chi connectivity index (χ1n) is 6.13. The van der Waals surface area contributed by atoms with Crippen LogP contribution < -0.4 is 10.6 Å². The summed E-state index contributed by atoms with van der Waals surface area (Å²) in [6.45, 7) is 4.91. The van der Waals surface area contributed by atoms with Gasteiger partial charge in [-0.1, -0.05) is 13.8 Å². The average Bonchev–Trinajstić information content (AvgIpc) is 2.34. The normalized spacial score (nSPS) is 12.5. The van der Waals surface area contributed by atoms with Crippen LogP contribution in [0.25, 0.3) is 0 Å². The van der Waals surface area contributed by atoms with Crippen LogP contribution in [0.1, 0.15) is 32.0 Å². The van der Waals surface area contributed by atoms with E-state index in [2.05, 4.69) is 34.4 Å². The molecule has 0 radical (unpaired) electrons. The van der Waals surface area contributed by atoms with Crippen molar-refractivity contribution in [3.63, 3.8) is 0 Å². The van der Waals surface area contributed by atoms with E-state index in [1.54, 1.807) is 6.26 Å². The number of hydrogen-bond donors (Lipinski definition) is 2. The minimum absolute atomic E-state index is 0.294. The fraction of sp³-hybridized carbons (Fsp3) is 0.667. The molecule has 0 aliphatic carbocycles. The van der Waals surface area contributed by atoms with Gasteiger partial charge in [-0.05, 0) is 6.42 Å². The minimum Gasteiger partial charge on any atom is -0.373 e. The SMILES string of the molecule is CNc1cc(NCCCS(C)=O)nc(C(C)C)n1. The molecule has 1 aromatic heterocycles. The zero-order valence-corrected chi connectivity index (χ0v) is 12.3. The number of hydrogen-bond acceptors (Lipinski definition) is 5. The molecule has 0 aliphatic rings. The monoisotopic (exact) mass is 270 g/mol. The van der Waals surface area contributed by atoms with Crippen LogP contribution in [0.15, 0.2) is 6.07 Å². The molecule has 0 spiro atoms. The van der Waals surface area contributed by atoms with Crippen molar-refractivity contribution >= 4 is 22.4 Å². The van der Waals surface area contributed by atoms with E-state index in [9.17, 15) is 4.21 Å². The maximum absolute atomic E-state index is 10.9. The quantitative estimate of drug-likeness (QED) is 0.740. The van der Waals surface area contributed by atoms with Crippen molar-refractivity contribution in [1.29, 1.82) is 0 Å². The molecule has 1 unspecified atom stereocenters. The summed E-state index contributed by atoms with van der Waals surface area (Å²) >= 11 is 0. The van der Waals surface area contributed by atoms with E-state index in [4.69, 9.17) is 0 Å². The van der Waals surface area contributed by atoms with E-state index in [0.717, 1.165) is 30.4 Å². The van der Waals surface area contributed by atoms with Crippen molar-refractivity contribution in [3.05, 3.63) is 11.9 Å². The van der Waals surface area contributed by atoms with Crippen LogP contribution in [0, 0.1) is 0 Å². The molecule has 0 saturated carbocycles. The predicted molar refractivity (Wildman–Crippen MR) is 77.7 cm³/mol. The summed E-state index contributed by atoms with van der Waals surface area (Å²) in [6.07, 6.45) is 2.60. The van der Waals surface area contributed by atoms with E-state index in [1.165, 1.54) is 0 Å². The second-order valence-corrected chi connectivity index (χ2v) is 6.01. The summed E-state index contributed by atoms with van der Waals surface area (Å²) < 4.78 is 10.9. The standard InChI is InChI=1S/C12H22N4OS/c1-9(2)12-15-10(13-3)8-11(16-12)14-6-5-7-18(4)17/h8-9H,5-7H2,1-4H3,(H2,13,14,15,16). The van der Waals surface area contributed by atoms with Gasteiger partial charge in [-0.2, -0.15) is 0 Å². The second-order valence-electron chi connectivity index (χ2n) is 4.46. The van der Waals surface area contributed by atoms with Gasteiger partial charge in [0.05, 0.1) is 0 Å². The Balaban J connectivity index is 2.63. The van der Waals surface area contributed by atoms with Crippen LogP contribution in [0.3, 0.4) is 0 Å². The zero-order chi connectivity index (χ0) is 13.5. The molecule has 0 amide bonds. The topological polar surface area (TPSA) is 66.9 Å². The molecule has 0 aliphatic heterocycles. The number of anilines is 2. The first-order valence-corrected chi connectivity index (χ1v) is 7.86. The Morgan fingerprint density at radius 1 is 1.33 bits per heavy atom. The summed E-state index contributed by atoms with van der Waals surface area (Å²) in [4.78, 5) is 8.86. The number of nitrogens with zero attached hydrogens (tertiary/aromatic N) is 2. The smallest absolute Gasteiger partial charge is 0.135 e. The summed E-state index contributed by atoms with van der Waals surface area (Å²) in [5, 5.41) is 6.28. The summed E-state index contributed by atoms with van der Waals surface area (Å²) in [5.74, 6) is 3.47. The summed E-state index contributed by atoms with van der Waals surface area (Å²) in [5.41, 5.74) is 0. The van der Waals surface area contributed by atoms with Crippen LogP contribution in [0.5, 0.6) is 0 Å². The second kappa shape index (κ2) is 7.31. The Morgan fingerprint density at radius 2 is 2.00 bits per heavy atom. The van der Waals surface area contributed by atoms with Gasteiger partial charge >= 0.3 is 0 Å². The average molecular weight is 270 g/mol. The first kappa shape index (κ1) is 14.9. The van der Waals surface area contributed by atoms with E-state index in [-0.39, 0.29) is 0 Å². The molecule has 0 saturated heterocycles. The highest BCUT2D eigenvalue weighted by atomic mass is 32.2. The highest BCUT2D eigenvalue weighted by molar-refractivity contribution is 7.84. The van der Waals surface area contributed by atoms with Gasteiger partial charge in [-0.15, -0.1) is 0 Å². The highest BCUT2D eigenvalue weighted by Gasteiger charge is 2.07. The molecule has 1 atom stereocenters. The number of aromatic nitrogens is 2. The molecular formula is C12H22N4OS. The molecule has 0 bridgehead atoms. The van der Waals surface area contributed by atoms with Crippen molar-refractivity contribution in [2.45, 2.75) is 26.2 Å². The van der Waals surface area contributed by atoms with E-state index >= 15 is 0 Å². The van der Waals surface area contributed by atoms with Gasteiger partial charge in [-0.3, -0.25) is 4.21 Å². The van der Waals surface area contributed by atoms with Crippen molar-refractivity contribution in [2.24, 2.45) is 0 Å². The summed E-state index contributed by atoms with van der Waals surface area (Å²) in [6, 6.07) is 1.88. The lowest BCUT2D eigenvalue weighted by Gasteiger charge is -2.11. The fourth-order valence-electron chi connectivity index (χ4n) is 1.43. The summed E-state index contributed by atoms with van der Waals surface area (Å²) in [7, 11) is 1.12. The van der Waals surface area contributed by atoms with Gasteiger partial charge in [0.1, 0.15) is 17.5 Å². The first-order chi connectivity index (χ1) is 8.52. The Bertz CT molecular complexity index is 409. The van der Waals surface area contributed by atoms with Crippen LogP contribution >= 0.6 is 0 Å². The third-order valence-electron chi connectivity index (χ3n) is 2.43. The fourth-order valence-corrected chi connectivity index (χ4v) is 1.99. The van der Waals surface area contributed by atoms with E-state index in [1.807, 2.05) is 13.1 Å². The maximum atomic E-state index is 10.9. The van der Waals surface area contributed by atoms with Gasteiger partial charge in [0.2, 0.25) is 0 Å². The van der Waals surface area contributed by atoms with Crippen LogP contribution in [0.4, 0.5) is 11.6 Å². The minimum atomic E-state index is -0.726. The van der Waals surface area contributed by atoms with Gasteiger partial charge in [-0.25, -0.2) is 9.97 Å². The Hall–Kier alpha value is -1.17. The van der Waals surface area contributed by atoms with Gasteiger partial charge < -0.3 is 10.6 Å². The van der Waals surface area contributed by atoms with Gasteiger partial charge in [0.15, 0.2) is 0 Å². The largest absolute Gasteiger partial charge is 0.373 e. The van der Waals surface area contributed by atoms with Crippen molar-refractivity contribution in [3.8, 4) is 0 Å². The third-order valence-corrected chi connectivity index (χ3v) is 3.29. The van der Waals surface area contributed by atoms with Crippen LogP contribution in [0.2, 0.25) is 0 Å². The van der Waals surface area contributed by atoms with Crippen molar-refractivity contribution < 1.29 is 4.21 Å². The maximum Gasteiger partial charge on any atom is 0.135 e. The lowest BCUT2D eigenvalue weighted by Crippen LogP contribution is -2.10. The number of nitrogens with one attached hydrogen (secondary N) is 2. The number of rotatable bonds is 7. The molecule has 18 heavy (non-hydrogen) atoms. The zero-order valence-electron chi connectivity index (χ0n) is 11.5. The van der Waals surface area contributed by atoms with Crippen LogP contribution in [-0.2, 0) is 10.8 Å².